The fourth-order valence-corrected chi connectivity index (χ4v) is 1.73. The van der Waals surface area contributed by atoms with Crippen LogP contribution in [0.2, 0.25) is 0 Å². The number of nitrogens with one attached hydrogen (secondary N) is 1. The van der Waals surface area contributed by atoms with Gasteiger partial charge in [-0.2, -0.15) is 0 Å². The van der Waals surface area contributed by atoms with Gasteiger partial charge in [0.15, 0.2) is 0 Å². The second-order valence-electron chi connectivity index (χ2n) is 5.00. The van der Waals surface area contributed by atoms with Gasteiger partial charge in [0.1, 0.15) is 17.7 Å². The number of ether oxygens (including phenoxy) is 1. The zero-order chi connectivity index (χ0) is 13.5. The van der Waals surface area contributed by atoms with E-state index in [9.17, 15) is 4.39 Å². The van der Waals surface area contributed by atoms with E-state index in [-0.39, 0.29) is 11.9 Å². The van der Waals surface area contributed by atoms with E-state index in [0.717, 1.165) is 19.4 Å². The predicted octanol–water partition coefficient (Wildman–Crippen LogP) is 3.68. The molecule has 0 bridgehead atoms. The molecule has 0 amide bonds. The largest absolute Gasteiger partial charge is 0.489 e. The highest BCUT2D eigenvalue weighted by atomic mass is 19.1. The molecule has 0 spiro atoms. The Morgan fingerprint density at radius 2 is 2.06 bits per heavy atom. The third-order valence-corrected chi connectivity index (χ3v) is 2.81. The van der Waals surface area contributed by atoms with Gasteiger partial charge in [0.25, 0.3) is 0 Å². The van der Waals surface area contributed by atoms with Gasteiger partial charge in [0.2, 0.25) is 0 Å². The number of benzene rings is 1. The Labute approximate surface area is 110 Å². The van der Waals surface area contributed by atoms with Crippen molar-refractivity contribution < 1.29 is 9.13 Å². The molecule has 1 atom stereocenters. The quantitative estimate of drug-likeness (QED) is 0.800. The monoisotopic (exact) mass is 253 g/mol. The van der Waals surface area contributed by atoms with Crippen LogP contribution in [0.15, 0.2) is 18.2 Å². The summed E-state index contributed by atoms with van der Waals surface area (Å²) in [6.07, 6.45) is 2.12. The van der Waals surface area contributed by atoms with Crippen LogP contribution in [-0.4, -0.2) is 18.7 Å². The lowest BCUT2D eigenvalue weighted by molar-refractivity contribution is 0.182. The lowest BCUT2D eigenvalue weighted by Gasteiger charge is -2.20. The molecule has 0 radical (unpaired) electrons. The first-order chi connectivity index (χ1) is 8.52. The molecule has 2 nitrogen and oxygen atoms in total. The molecular weight excluding hydrogens is 229 g/mol. The summed E-state index contributed by atoms with van der Waals surface area (Å²) in [5, 5.41) is 3.36. The lowest BCUT2D eigenvalue weighted by atomic mass is 10.2. The Kier molecular flexibility index (Phi) is 6.13. The first-order valence-corrected chi connectivity index (χ1v) is 6.69. The molecule has 0 aromatic heterocycles. The topological polar surface area (TPSA) is 21.3 Å². The summed E-state index contributed by atoms with van der Waals surface area (Å²) in [6, 6.07) is 5.48. The van der Waals surface area contributed by atoms with Crippen LogP contribution in [0.1, 0.15) is 39.2 Å². The van der Waals surface area contributed by atoms with Crippen molar-refractivity contribution in [1.82, 2.24) is 5.32 Å². The van der Waals surface area contributed by atoms with E-state index in [1.54, 1.807) is 13.0 Å². The van der Waals surface area contributed by atoms with Crippen LogP contribution in [0.4, 0.5) is 4.39 Å². The Hall–Kier alpha value is -1.09. The van der Waals surface area contributed by atoms with E-state index < -0.39 is 0 Å². The van der Waals surface area contributed by atoms with Crippen molar-refractivity contribution in [2.45, 2.75) is 52.7 Å². The Morgan fingerprint density at radius 3 is 2.61 bits per heavy atom. The van der Waals surface area contributed by atoms with Crippen molar-refractivity contribution in [2.75, 3.05) is 6.54 Å². The molecule has 1 aromatic carbocycles. The smallest absolute Gasteiger partial charge is 0.129 e. The van der Waals surface area contributed by atoms with Crippen LogP contribution in [0.3, 0.4) is 0 Å². The highest BCUT2D eigenvalue weighted by molar-refractivity contribution is 5.28. The van der Waals surface area contributed by atoms with E-state index in [0.29, 0.717) is 17.4 Å². The molecule has 0 saturated heterocycles. The summed E-state index contributed by atoms with van der Waals surface area (Å²) < 4.78 is 19.3. The van der Waals surface area contributed by atoms with Crippen LogP contribution in [0.5, 0.6) is 5.75 Å². The summed E-state index contributed by atoms with van der Waals surface area (Å²) in [5.74, 6) is 0.404. The molecule has 102 valence electrons. The van der Waals surface area contributed by atoms with E-state index >= 15 is 0 Å². The number of hydrogen-bond acceptors (Lipinski definition) is 2. The molecule has 1 rings (SSSR count). The average molecular weight is 253 g/mol. The fraction of sp³-hybridized carbons (Fsp3) is 0.600. The average Bonchev–Trinajstić information content (AvgIpc) is 2.31. The summed E-state index contributed by atoms with van der Waals surface area (Å²) in [6.45, 7) is 8.88. The van der Waals surface area contributed by atoms with Gasteiger partial charge in [-0.05, 0) is 25.0 Å². The minimum absolute atomic E-state index is 0.0968. The molecule has 0 heterocycles. The normalized spacial score (nSPS) is 12.8. The molecule has 1 aromatic rings. The predicted molar refractivity (Wildman–Crippen MR) is 73.6 cm³/mol. The van der Waals surface area contributed by atoms with Crippen molar-refractivity contribution in [3.8, 4) is 5.75 Å². The molecule has 1 unspecified atom stereocenters. The maximum atomic E-state index is 13.4. The van der Waals surface area contributed by atoms with Gasteiger partial charge in [-0.1, -0.05) is 33.3 Å². The number of halogens is 1. The summed E-state index contributed by atoms with van der Waals surface area (Å²) in [7, 11) is 0. The highest BCUT2D eigenvalue weighted by Gasteiger charge is 2.11. The number of hydrogen-bond donors (Lipinski definition) is 1. The summed E-state index contributed by atoms with van der Waals surface area (Å²) >= 11 is 0. The molecule has 0 aliphatic heterocycles. The molecule has 3 heteroatoms. The maximum absolute atomic E-state index is 13.4. The second kappa shape index (κ2) is 7.37. The third-order valence-electron chi connectivity index (χ3n) is 2.81. The van der Waals surface area contributed by atoms with Crippen LogP contribution >= 0.6 is 0 Å². The van der Waals surface area contributed by atoms with Crippen molar-refractivity contribution in [1.29, 1.82) is 0 Å². The molecule has 0 saturated carbocycles. The molecule has 1 N–H and O–H groups in total. The minimum Gasteiger partial charge on any atom is -0.489 e. The van der Waals surface area contributed by atoms with Crippen molar-refractivity contribution in [3.05, 3.63) is 29.6 Å². The molecule has 18 heavy (non-hydrogen) atoms. The van der Waals surface area contributed by atoms with Crippen molar-refractivity contribution in [2.24, 2.45) is 0 Å². The summed E-state index contributed by atoms with van der Waals surface area (Å²) in [5.41, 5.74) is 0.648. The number of aryl methyl sites for hydroxylation is 1. The first-order valence-electron chi connectivity index (χ1n) is 6.69. The Morgan fingerprint density at radius 1 is 1.33 bits per heavy atom. The molecule has 0 fully saturated rings. The summed E-state index contributed by atoms with van der Waals surface area (Å²) in [4.78, 5) is 0. The van der Waals surface area contributed by atoms with Crippen molar-refractivity contribution >= 4 is 0 Å². The fourth-order valence-electron chi connectivity index (χ4n) is 1.73. The van der Waals surface area contributed by atoms with Crippen LogP contribution < -0.4 is 10.1 Å². The van der Waals surface area contributed by atoms with Crippen LogP contribution in [0, 0.1) is 12.7 Å². The van der Waals surface area contributed by atoms with Gasteiger partial charge < -0.3 is 10.1 Å². The standard InChI is InChI=1S/C15H24FNO/c1-5-6-14(10-17-11(2)3)18-13-8-7-12(4)15(16)9-13/h7-9,11,14,17H,5-6,10H2,1-4H3. The molecular formula is C15H24FNO. The molecule has 0 aliphatic rings. The third kappa shape index (κ3) is 5.05. The van der Waals surface area contributed by atoms with Crippen LogP contribution in [0.25, 0.3) is 0 Å². The van der Waals surface area contributed by atoms with E-state index in [1.807, 2.05) is 6.07 Å². The minimum atomic E-state index is -0.209. The zero-order valence-electron chi connectivity index (χ0n) is 11.8. The van der Waals surface area contributed by atoms with Crippen LogP contribution in [-0.2, 0) is 0 Å². The van der Waals surface area contributed by atoms with Gasteiger partial charge in [0.05, 0.1) is 0 Å². The lowest BCUT2D eigenvalue weighted by Crippen LogP contribution is -2.35. The van der Waals surface area contributed by atoms with Gasteiger partial charge in [-0.15, -0.1) is 0 Å². The number of rotatable bonds is 7. The Bertz CT molecular complexity index is 366. The van der Waals surface area contributed by atoms with E-state index in [2.05, 4.69) is 26.1 Å². The van der Waals surface area contributed by atoms with Gasteiger partial charge in [-0.25, -0.2) is 4.39 Å². The SMILES string of the molecule is CCCC(CNC(C)C)Oc1ccc(C)c(F)c1. The van der Waals surface area contributed by atoms with Gasteiger partial charge in [0, 0.05) is 18.7 Å². The van der Waals surface area contributed by atoms with Gasteiger partial charge >= 0.3 is 0 Å². The van der Waals surface area contributed by atoms with Crippen molar-refractivity contribution in [3.63, 3.8) is 0 Å². The zero-order valence-corrected chi connectivity index (χ0v) is 11.8. The second-order valence-corrected chi connectivity index (χ2v) is 5.00. The first kappa shape index (κ1) is 15.0. The van der Waals surface area contributed by atoms with E-state index in [4.69, 9.17) is 4.74 Å². The van der Waals surface area contributed by atoms with E-state index in [1.165, 1.54) is 6.07 Å². The maximum Gasteiger partial charge on any atom is 0.129 e. The molecule has 0 aliphatic carbocycles. The van der Waals surface area contributed by atoms with Gasteiger partial charge in [-0.3, -0.25) is 0 Å². The highest BCUT2D eigenvalue weighted by Crippen LogP contribution is 2.18. The Balaban J connectivity index is 2.61.